The van der Waals surface area contributed by atoms with Crippen molar-refractivity contribution in [3.63, 3.8) is 0 Å². The van der Waals surface area contributed by atoms with Gasteiger partial charge in [-0.2, -0.15) is 0 Å². The number of hydrogen-bond donors (Lipinski definition) is 2. The molecule has 5 rings (SSSR count). The van der Waals surface area contributed by atoms with Crippen LogP contribution in [0.4, 0.5) is 5.69 Å². The zero-order valence-electron chi connectivity index (χ0n) is 24.1. The maximum atomic E-state index is 14.1. The average molecular weight is 675 g/mol. The number of terminal acetylenes is 1. The average Bonchev–Trinajstić information content (AvgIpc) is 3.31. The van der Waals surface area contributed by atoms with Gasteiger partial charge in [0, 0.05) is 5.69 Å². The van der Waals surface area contributed by atoms with Crippen molar-refractivity contribution in [2.24, 2.45) is 4.99 Å². The maximum Gasteiger partial charge on any atom is 0.271 e. The Labute approximate surface area is 265 Å². The Morgan fingerprint density at radius 2 is 1.95 bits per heavy atom. The van der Waals surface area contributed by atoms with Gasteiger partial charge in [0.15, 0.2) is 27.8 Å². The number of thiazole rings is 1. The summed E-state index contributed by atoms with van der Waals surface area (Å²) in [5.41, 5.74) is 2.26. The number of nitrogens with zero attached hydrogens (tertiary/aromatic N) is 2. The fourth-order valence-corrected chi connectivity index (χ4v) is 6.47. The third-order valence-corrected chi connectivity index (χ3v) is 8.32. The Morgan fingerprint density at radius 1 is 1.18 bits per heavy atom. The minimum absolute atomic E-state index is 0.0480. The number of phenols is 1. The van der Waals surface area contributed by atoms with Crippen molar-refractivity contribution in [2.45, 2.75) is 19.9 Å². The Balaban J connectivity index is 1.68. The summed E-state index contributed by atoms with van der Waals surface area (Å²) in [5.74, 6) is 3.11. The van der Waals surface area contributed by atoms with Crippen molar-refractivity contribution in [3.05, 3.63) is 107 Å². The molecule has 0 unspecified atom stereocenters. The Kier molecular flexibility index (Phi) is 9.23. The lowest BCUT2D eigenvalue weighted by Gasteiger charge is -2.26. The molecule has 0 bridgehead atoms. The highest BCUT2D eigenvalue weighted by Crippen LogP contribution is 2.38. The zero-order chi connectivity index (χ0) is 31.4. The number of para-hydroxylation sites is 1. The molecule has 0 aliphatic carbocycles. The van der Waals surface area contributed by atoms with Gasteiger partial charge in [-0.1, -0.05) is 41.5 Å². The van der Waals surface area contributed by atoms with E-state index in [1.807, 2.05) is 18.2 Å². The van der Waals surface area contributed by atoms with E-state index in [0.29, 0.717) is 60.0 Å². The van der Waals surface area contributed by atoms with Crippen LogP contribution in [0.3, 0.4) is 0 Å². The first-order valence-electron chi connectivity index (χ1n) is 13.5. The van der Waals surface area contributed by atoms with Crippen LogP contribution in [0.2, 0.25) is 0 Å². The number of fused-ring (bicyclic) bond motifs is 1. The van der Waals surface area contributed by atoms with Gasteiger partial charge in [0.05, 0.1) is 40.0 Å². The fraction of sp³-hybridized carbons (Fsp3) is 0.182. The van der Waals surface area contributed by atoms with Crippen molar-refractivity contribution in [2.75, 3.05) is 25.6 Å². The van der Waals surface area contributed by atoms with Gasteiger partial charge >= 0.3 is 0 Å². The second-order valence-corrected chi connectivity index (χ2v) is 11.5. The van der Waals surface area contributed by atoms with Gasteiger partial charge in [-0.3, -0.25) is 14.2 Å². The van der Waals surface area contributed by atoms with E-state index in [-0.39, 0.29) is 23.7 Å². The summed E-state index contributed by atoms with van der Waals surface area (Å²) in [6, 6.07) is 16.5. The zero-order valence-corrected chi connectivity index (χ0v) is 26.5. The van der Waals surface area contributed by atoms with E-state index in [1.165, 1.54) is 29.1 Å². The largest absolute Gasteiger partial charge is 0.504 e. The number of aromatic nitrogens is 1. The molecule has 44 heavy (non-hydrogen) atoms. The highest BCUT2D eigenvalue weighted by atomic mass is 79.9. The third kappa shape index (κ3) is 6.13. The topological polar surface area (TPSA) is 111 Å². The molecule has 11 heteroatoms. The number of nitrogens with one attached hydrogen (secondary N) is 1. The van der Waals surface area contributed by atoms with Crippen LogP contribution >= 0.6 is 27.3 Å². The first-order chi connectivity index (χ1) is 21.2. The molecule has 0 spiro atoms. The van der Waals surface area contributed by atoms with Crippen molar-refractivity contribution in [3.8, 4) is 35.3 Å². The molecule has 2 N–H and O–H groups in total. The third-order valence-electron chi connectivity index (χ3n) is 6.75. The number of hydrogen-bond acceptors (Lipinski definition) is 8. The second-order valence-electron chi connectivity index (χ2n) is 9.59. The molecule has 0 radical (unpaired) electrons. The molecule has 0 saturated carbocycles. The molecule has 9 nitrogen and oxygen atoms in total. The number of carbonyl (C=O) groups is 1. The fourth-order valence-electron chi connectivity index (χ4n) is 4.85. The number of allylic oxidation sites excluding steroid dienone is 1. The van der Waals surface area contributed by atoms with Crippen molar-refractivity contribution in [1.29, 1.82) is 0 Å². The Morgan fingerprint density at radius 3 is 2.66 bits per heavy atom. The van der Waals surface area contributed by atoms with Crippen molar-refractivity contribution < 1.29 is 24.1 Å². The Bertz CT molecular complexity index is 1990. The molecule has 0 fully saturated rings. The van der Waals surface area contributed by atoms with E-state index in [4.69, 9.17) is 25.6 Å². The standard InChI is InChI=1S/C33H28BrN3O6S/c1-5-14-43-30-23(34)15-20(16-26(30)41-4)17-27-32(40)37-29(21-12-13-24(38)25(18-21)42-6-2)28(19(3)35-33(37)44-27)31(39)36-22-10-8-7-9-11-22/h1,7-13,15-18,29,38H,6,14H2,2-4H3,(H,36,39)/b27-17-/t29-/m0/s1. The van der Waals surface area contributed by atoms with Crippen LogP contribution in [-0.4, -0.2) is 35.9 Å². The molecule has 224 valence electrons. The van der Waals surface area contributed by atoms with E-state index >= 15 is 0 Å². The molecule has 2 heterocycles. The van der Waals surface area contributed by atoms with Crippen molar-refractivity contribution in [1.82, 2.24) is 4.57 Å². The van der Waals surface area contributed by atoms with Crippen LogP contribution in [0.1, 0.15) is 31.0 Å². The molecule has 1 aromatic heterocycles. The van der Waals surface area contributed by atoms with E-state index in [1.54, 1.807) is 56.3 Å². The molecule has 1 aliphatic rings. The van der Waals surface area contributed by atoms with E-state index in [2.05, 4.69) is 27.2 Å². The minimum atomic E-state index is -0.849. The lowest BCUT2D eigenvalue weighted by atomic mass is 9.94. The first kappa shape index (κ1) is 30.7. The van der Waals surface area contributed by atoms with E-state index in [9.17, 15) is 14.7 Å². The van der Waals surface area contributed by atoms with Gasteiger partial charge in [-0.05, 0) is 83.4 Å². The number of phenolic OH excluding ortho intramolecular Hbond substituents is 1. The molecule has 1 atom stereocenters. The summed E-state index contributed by atoms with van der Waals surface area (Å²) < 4.78 is 19.3. The van der Waals surface area contributed by atoms with Gasteiger partial charge in [-0.25, -0.2) is 4.99 Å². The molecule has 1 aliphatic heterocycles. The van der Waals surface area contributed by atoms with Crippen molar-refractivity contribution >= 4 is 44.9 Å². The predicted molar refractivity (Wildman–Crippen MR) is 173 cm³/mol. The monoisotopic (exact) mass is 673 g/mol. The smallest absolute Gasteiger partial charge is 0.271 e. The number of rotatable bonds is 9. The number of benzene rings is 3. The minimum Gasteiger partial charge on any atom is -0.504 e. The van der Waals surface area contributed by atoms with Gasteiger partial charge in [0.25, 0.3) is 11.5 Å². The van der Waals surface area contributed by atoms with Crippen LogP contribution in [0, 0.1) is 12.3 Å². The van der Waals surface area contributed by atoms with Crippen LogP contribution in [0.5, 0.6) is 23.0 Å². The highest BCUT2D eigenvalue weighted by molar-refractivity contribution is 9.10. The SMILES string of the molecule is C#CCOc1c(Br)cc(/C=c2\sc3n(c2=O)[C@@H](c2ccc(O)c(OCC)c2)C(C(=O)Nc2ccccc2)=C(C)N=3)cc1OC. The quantitative estimate of drug-likeness (QED) is 0.248. The highest BCUT2D eigenvalue weighted by Gasteiger charge is 2.33. The summed E-state index contributed by atoms with van der Waals surface area (Å²) in [6.07, 6.45) is 7.07. The van der Waals surface area contributed by atoms with Gasteiger partial charge in [0.2, 0.25) is 0 Å². The summed E-state index contributed by atoms with van der Waals surface area (Å²) in [6.45, 7) is 3.93. The summed E-state index contributed by atoms with van der Waals surface area (Å²) in [4.78, 5) is 33.0. The Hall–Kier alpha value is -4.79. The van der Waals surface area contributed by atoms with E-state index < -0.39 is 11.9 Å². The predicted octanol–water partition coefficient (Wildman–Crippen LogP) is 4.76. The number of methoxy groups -OCH3 is 1. The molecular formula is C33H28BrN3O6S. The lowest BCUT2D eigenvalue weighted by Crippen LogP contribution is -2.40. The first-order valence-corrected chi connectivity index (χ1v) is 15.1. The normalized spacial score (nSPS) is 14.3. The maximum absolute atomic E-state index is 14.1. The molecular weight excluding hydrogens is 646 g/mol. The molecule has 3 aromatic carbocycles. The van der Waals surface area contributed by atoms with Crippen LogP contribution in [0.15, 0.2) is 86.2 Å². The van der Waals surface area contributed by atoms with Crippen LogP contribution in [-0.2, 0) is 4.79 Å². The lowest BCUT2D eigenvalue weighted by molar-refractivity contribution is -0.113. The molecule has 0 saturated heterocycles. The van der Waals surface area contributed by atoms with Gasteiger partial charge < -0.3 is 24.6 Å². The van der Waals surface area contributed by atoms with Gasteiger partial charge in [0.1, 0.15) is 6.61 Å². The number of aromatic hydroxyl groups is 1. The summed E-state index contributed by atoms with van der Waals surface area (Å²) in [7, 11) is 1.52. The number of ether oxygens (including phenoxy) is 3. The van der Waals surface area contributed by atoms with Crippen LogP contribution in [0.25, 0.3) is 6.08 Å². The van der Waals surface area contributed by atoms with Crippen LogP contribution < -0.4 is 34.4 Å². The number of anilines is 1. The number of amides is 1. The van der Waals surface area contributed by atoms with E-state index in [0.717, 1.165) is 0 Å². The molecule has 1 amide bonds. The molecule has 4 aromatic rings. The number of halogens is 1. The summed E-state index contributed by atoms with van der Waals surface area (Å²) >= 11 is 4.71. The second kappa shape index (κ2) is 13.2. The summed E-state index contributed by atoms with van der Waals surface area (Å²) in [5, 5.41) is 13.3. The van der Waals surface area contributed by atoms with Gasteiger partial charge in [-0.15, -0.1) is 6.42 Å². The number of carbonyl (C=O) groups excluding carboxylic acids is 1.